The second kappa shape index (κ2) is 10.8. The molecule has 9 nitrogen and oxygen atoms in total. The number of nitriles is 1. The maximum atomic E-state index is 17.3. The molecule has 2 aromatic carbocycles. The molecular formula is C34H33ClF2N6O3S. The van der Waals surface area contributed by atoms with Crippen LogP contribution in [0.25, 0.3) is 32.1 Å². The van der Waals surface area contributed by atoms with Gasteiger partial charge in [0.15, 0.2) is 11.6 Å². The average Bonchev–Trinajstić information content (AvgIpc) is 3.34. The highest BCUT2D eigenvalue weighted by molar-refractivity contribution is 7.23. The van der Waals surface area contributed by atoms with Crippen molar-refractivity contribution in [2.24, 2.45) is 11.8 Å². The minimum Gasteiger partial charge on any atom is -0.485 e. The molecule has 2 unspecified atom stereocenters. The lowest BCUT2D eigenvalue weighted by Gasteiger charge is -2.34. The van der Waals surface area contributed by atoms with Crippen molar-refractivity contribution >= 4 is 54.7 Å². The minimum atomic E-state index is -0.724. The summed E-state index contributed by atoms with van der Waals surface area (Å²) in [5, 5.41) is 10.7. The average molecular weight is 679 g/mol. The Hall–Kier alpha value is -3.50. The Bertz CT molecular complexity index is 2020. The Morgan fingerprint density at radius 1 is 1.21 bits per heavy atom. The normalized spacial score (nSPS) is 27.0. The van der Waals surface area contributed by atoms with Crippen LogP contribution in [-0.2, 0) is 4.74 Å². The van der Waals surface area contributed by atoms with Crippen LogP contribution in [0.1, 0.15) is 44.6 Å². The number of halogens is 3. The number of aromatic nitrogens is 2. The SMILES string of the molecule is C[C@H]1CN2CCC[C@@]2(COc2nc3c4c(c(Cl)c(-c5ccc(F)c6sc(N)c(C#N)c56)c(F)c4n2)OC2COCC2CN3C2CC2)C1. The number of anilines is 2. The van der Waals surface area contributed by atoms with E-state index in [2.05, 4.69) is 22.8 Å². The van der Waals surface area contributed by atoms with Gasteiger partial charge in [0.1, 0.15) is 40.9 Å². The van der Waals surface area contributed by atoms with Gasteiger partial charge >= 0.3 is 6.01 Å². The fourth-order valence-electron chi connectivity index (χ4n) is 8.46. The van der Waals surface area contributed by atoms with Gasteiger partial charge in [0.2, 0.25) is 0 Å². The molecule has 2 N–H and O–H groups in total. The van der Waals surface area contributed by atoms with Crippen LogP contribution in [0.2, 0.25) is 5.02 Å². The van der Waals surface area contributed by atoms with Crippen molar-refractivity contribution in [3.63, 3.8) is 0 Å². The summed E-state index contributed by atoms with van der Waals surface area (Å²) in [6.07, 6.45) is 4.83. The molecule has 2 aromatic heterocycles. The molecule has 1 aliphatic carbocycles. The Morgan fingerprint density at radius 2 is 2.06 bits per heavy atom. The van der Waals surface area contributed by atoms with Crippen molar-refractivity contribution in [2.45, 2.75) is 56.7 Å². The Labute approximate surface area is 279 Å². The van der Waals surface area contributed by atoms with Gasteiger partial charge in [-0.2, -0.15) is 15.2 Å². The number of nitrogens with zero attached hydrogens (tertiary/aromatic N) is 5. The fraction of sp³-hybridized carbons (Fsp3) is 0.500. The lowest BCUT2D eigenvalue weighted by molar-refractivity contribution is 0.107. The third-order valence-corrected chi connectivity index (χ3v) is 12.1. The van der Waals surface area contributed by atoms with Crippen molar-refractivity contribution in [2.75, 3.05) is 50.1 Å². The largest absolute Gasteiger partial charge is 0.485 e. The maximum absolute atomic E-state index is 17.3. The highest BCUT2D eigenvalue weighted by Gasteiger charge is 2.48. The second-order valence-electron chi connectivity index (χ2n) is 13.8. The first kappa shape index (κ1) is 29.6. The van der Waals surface area contributed by atoms with Crippen molar-refractivity contribution in [3.05, 3.63) is 34.4 Å². The Morgan fingerprint density at radius 3 is 2.87 bits per heavy atom. The van der Waals surface area contributed by atoms with E-state index in [9.17, 15) is 5.26 Å². The lowest BCUT2D eigenvalue weighted by Crippen LogP contribution is -2.43. The van der Waals surface area contributed by atoms with Gasteiger partial charge in [-0.3, -0.25) is 4.90 Å². The first-order chi connectivity index (χ1) is 22.8. The molecule has 0 radical (unpaired) electrons. The van der Waals surface area contributed by atoms with Crippen molar-refractivity contribution in [1.29, 1.82) is 5.26 Å². The molecule has 0 amide bonds. The Kier molecular flexibility index (Phi) is 6.78. The summed E-state index contributed by atoms with van der Waals surface area (Å²) in [4.78, 5) is 14.4. The molecule has 4 aliphatic heterocycles. The van der Waals surface area contributed by atoms with Crippen LogP contribution in [0.4, 0.5) is 19.6 Å². The van der Waals surface area contributed by atoms with E-state index >= 15 is 8.78 Å². The van der Waals surface area contributed by atoms with Crippen molar-refractivity contribution in [1.82, 2.24) is 14.9 Å². The molecule has 47 heavy (non-hydrogen) atoms. The number of hydrogen-bond donors (Lipinski definition) is 1. The van der Waals surface area contributed by atoms with Gasteiger partial charge in [0.25, 0.3) is 0 Å². The minimum absolute atomic E-state index is 0.00110. The van der Waals surface area contributed by atoms with Crippen LogP contribution in [0.3, 0.4) is 0 Å². The molecule has 1 saturated carbocycles. The number of ether oxygens (including phenoxy) is 3. The zero-order chi connectivity index (χ0) is 32.2. The predicted molar refractivity (Wildman–Crippen MR) is 176 cm³/mol. The molecule has 9 rings (SSSR count). The molecule has 4 atom stereocenters. The van der Waals surface area contributed by atoms with Crippen molar-refractivity contribution < 1.29 is 23.0 Å². The third kappa shape index (κ3) is 4.50. The highest BCUT2D eigenvalue weighted by atomic mass is 35.5. The van der Waals surface area contributed by atoms with E-state index in [4.69, 9.17) is 41.5 Å². The molecule has 6 heterocycles. The number of thiophene rings is 1. The predicted octanol–water partition coefficient (Wildman–Crippen LogP) is 6.53. The van der Waals surface area contributed by atoms with E-state index in [0.717, 1.165) is 56.5 Å². The summed E-state index contributed by atoms with van der Waals surface area (Å²) < 4.78 is 51.5. The lowest BCUT2D eigenvalue weighted by atomic mass is 9.92. The monoisotopic (exact) mass is 678 g/mol. The van der Waals surface area contributed by atoms with Crippen LogP contribution in [0.5, 0.6) is 11.8 Å². The summed E-state index contributed by atoms with van der Waals surface area (Å²) in [5.41, 5.74) is 6.33. The maximum Gasteiger partial charge on any atom is 0.319 e. The molecule has 13 heteroatoms. The van der Waals surface area contributed by atoms with Crippen LogP contribution >= 0.6 is 22.9 Å². The van der Waals surface area contributed by atoms with E-state index in [0.29, 0.717) is 43.5 Å². The first-order valence-electron chi connectivity index (χ1n) is 16.3. The van der Waals surface area contributed by atoms with E-state index < -0.39 is 11.6 Å². The quantitative estimate of drug-likeness (QED) is 0.252. The van der Waals surface area contributed by atoms with Crippen molar-refractivity contribution in [3.8, 4) is 29.0 Å². The highest BCUT2D eigenvalue weighted by Crippen LogP contribution is 2.52. The third-order valence-electron chi connectivity index (χ3n) is 10.7. The number of nitrogen functional groups attached to an aromatic ring is 1. The number of nitrogens with two attached hydrogens (primary N) is 1. The van der Waals surface area contributed by atoms with Gasteiger partial charge in [0.05, 0.1) is 39.4 Å². The number of hydrogen-bond acceptors (Lipinski definition) is 10. The summed E-state index contributed by atoms with van der Waals surface area (Å²) in [6.45, 7) is 6.27. The van der Waals surface area contributed by atoms with Crippen LogP contribution in [0, 0.1) is 34.8 Å². The first-order valence-corrected chi connectivity index (χ1v) is 17.5. The molecule has 3 saturated heterocycles. The standard InChI is InChI=1S/C34H33ClF2N6O3S/c1-16-9-34(7-2-8-42(34)11-16)15-45-33-40-28-25-29(46-22-14-44-13-17(22)12-43(18-3-4-18)32(25)41-33)26(35)24(27(28)37)19-5-6-21(36)30-23(19)20(10-38)31(39)47-30/h5-6,16-18,22H,2-4,7-9,11-15,39H2,1H3/t16-,17?,22?,34+/m1/s1. The molecular weight excluding hydrogens is 646 g/mol. The summed E-state index contributed by atoms with van der Waals surface area (Å²) in [6, 6.07) is 5.08. The van der Waals surface area contributed by atoms with Gasteiger partial charge in [-0.05, 0) is 56.2 Å². The molecule has 4 aromatic rings. The van der Waals surface area contributed by atoms with Crippen LogP contribution in [-0.4, -0.2) is 72.0 Å². The van der Waals surface area contributed by atoms with E-state index in [1.165, 1.54) is 12.1 Å². The smallest absolute Gasteiger partial charge is 0.319 e. The fourth-order valence-corrected chi connectivity index (χ4v) is 9.74. The molecule has 244 valence electrons. The Balaban J connectivity index is 1.28. The summed E-state index contributed by atoms with van der Waals surface area (Å²) >= 11 is 8.12. The van der Waals surface area contributed by atoms with Gasteiger partial charge < -0.3 is 24.8 Å². The topological polar surface area (TPSA) is 110 Å². The zero-order valence-corrected chi connectivity index (χ0v) is 27.4. The zero-order valence-electron chi connectivity index (χ0n) is 25.8. The number of fused-ring (bicyclic) bond motifs is 3. The van der Waals surface area contributed by atoms with E-state index in [1.54, 1.807) is 0 Å². The van der Waals surface area contributed by atoms with Gasteiger partial charge in [-0.1, -0.05) is 24.6 Å². The van der Waals surface area contributed by atoms with E-state index in [-0.39, 0.29) is 77.7 Å². The van der Waals surface area contributed by atoms with Gasteiger partial charge in [0, 0.05) is 36.0 Å². The van der Waals surface area contributed by atoms with Gasteiger partial charge in [-0.15, -0.1) is 11.3 Å². The molecule has 0 bridgehead atoms. The molecule has 4 fully saturated rings. The van der Waals surface area contributed by atoms with Crippen LogP contribution in [0.15, 0.2) is 12.1 Å². The van der Waals surface area contributed by atoms with Gasteiger partial charge in [-0.25, -0.2) is 8.78 Å². The number of rotatable bonds is 5. The molecule has 5 aliphatic rings. The molecule has 0 spiro atoms. The van der Waals surface area contributed by atoms with E-state index in [1.807, 2.05) is 0 Å². The second-order valence-corrected chi connectivity index (χ2v) is 15.3. The number of benzene rings is 2. The van der Waals surface area contributed by atoms with Crippen LogP contribution < -0.4 is 20.1 Å². The summed E-state index contributed by atoms with van der Waals surface area (Å²) in [5.74, 6) is 0.0945. The summed E-state index contributed by atoms with van der Waals surface area (Å²) in [7, 11) is 0.